The minimum Gasteiger partial charge on any atom is -0.456 e. The van der Waals surface area contributed by atoms with E-state index in [1.54, 1.807) is 19.1 Å². The van der Waals surface area contributed by atoms with E-state index < -0.39 is 11.4 Å². The van der Waals surface area contributed by atoms with Gasteiger partial charge in [-0.15, -0.1) is 0 Å². The van der Waals surface area contributed by atoms with Crippen molar-refractivity contribution in [3.05, 3.63) is 23.7 Å². The van der Waals surface area contributed by atoms with Crippen molar-refractivity contribution in [3.8, 4) is 0 Å². The van der Waals surface area contributed by atoms with Crippen molar-refractivity contribution < 1.29 is 19.4 Å². The number of hydrogen-bond donors (Lipinski definition) is 3. The lowest BCUT2D eigenvalue weighted by molar-refractivity contribution is 0.0699. The average molecular weight is 227 g/mol. The maximum atomic E-state index is 11.7. The van der Waals surface area contributed by atoms with Crippen LogP contribution < -0.4 is 5.32 Å². The van der Waals surface area contributed by atoms with Gasteiger partial charge in [-0.1, -0.05) is 6.92 Å². The number of hydrogen-bond acceptors (Lipinski definition) is 4. The van der Waals surface area contributed by atoms with Crippen LogP contribution in [-0.4, -0.2) is 34.9 Å². The number of amides is 1. The summed E-state index contributed by atoms with van der Waals surface area (Å²) in [7, 11) is 0. The van der Waals surface area contributed by atoms with E-state index in [0.717, 1.165) is 5.76 Å². The topological polar surface area (TPSA) is 82.7 Å². The molecule has 90 valence electrons. The van der Waals surface area contributed by atoms with E-state index in [0.29, 0.717) is 6.42 Å². The summed E-state index contributed by atoms with van der Waals surface area (Å²) >= 11 is 0. The van der Waals surface area contributed by atoms with Gasteiger partial charge in [0.2, 0.25) is 0 Å². The second-order valence-electron chi connectivity index (χ2n) is 3.95. The van der Waals surface area contributed by atoms with Crippen LogP contribution in [-0.2, 0) is 6.42 Å². The Hall–Kier alpha value is -1.33. The fourth-order valence-corrected chi connectivity index (χ4v) is 1.15. The van der Waals surface area contributed by atoms with Crippen LogP contribution in [0.2, 0.25) is 0 Å². The molecule has 0 aliphatic heterocycles. The average Bonchev–Trinajstić information content (AvgIpc) is 2.77. The second-order valence-corrected chi connectivity index (χ2v) is 3.95. The van der Waals surface area contributed by atoms with Gasteiger partial charge in [-0.2, -0.15) is 0 Å². The van der Waals surface area contributed by atoms with Crippen molar-refractivity contribution in [1.29, 1.82) is 0 Å². The molecule has 5 nitrogen and oxygen atoms in total. The predicted molar refractivity (Wildman–Crippen MR) is 58.1 cm³/mol. The van der Waals surface area contributed by atoms with Crippen molar-refractivity contribution in [2.45, 2.75) is 25.8 Å². The lowest BCUT2D eigenvalue weighted by Crippen LogP contribution is -2.51. The molecule has 16 heavy (non-hydrogen) atoms. The van der Waals surface area contributed by atoms with Crippen LogP contribution in [0.3, 0.4) is 0 Å². The van der Waals surface area contributed by atoms with Gasteiger partial charge in [0, 0.05) is 6.42 Å². The first-order valence-corrected chi connectivity index (χ1v) is 5.17. The molecule has 0 saturated carbocycles. The number of furan rings is 1. The Bertz CT molecular complexity index is 355. The van der Waals surface area contributed by atoms with Crippen LogP contribution in [0, 0.1) is 0 Å². The Morgan fingerprint density at radius 3 is 2.50 bits per heavy atom. The van der Waals surface area contributed by atoms with Gasteiger partial charge in [0.1, 0.15) is 5.76 Å². The van der Waals surface area contributed by atoms with E-state index in [2.05, 4.69) is 5.32 Å². The predicted octanol–water partition coefficient (Wildman–Crippen LogP) is 0.315. The molecule has 0 unspecified atom stereocenters. The lowest BCUT2D eigenvalue weighted by Gasteiger charge is -2.25. The molecule has 3 N–H and O–H groups in total. The van der Waals surface area contributed by atoms with Gasteiger partial charge in [-0.3, -0.25) is 4.79 Å². The number of aryl methyl sites for hydroxylation is 1. The number of carbonyl (C=O) groups excluding carboxylic acids is 1. The molecule has 0 bridgehead atoms. The molecule has 1 aromatic heterocycles. The van der Waals surface area contributed by atoms with Crippen LogP contribution in [0.5, 0.6) is 0 Å². The number of nitrogens with one attached hydrogen (secondary N) is 1. The molecule has 0 fully saturated rings. The second kappa shape index (κ2) is 5.14. The molecule has 1 amide bonds. The zero-order chi connectivity index (χ0) is 12.2. The Kier molecular flexibility index (Phi) is 4.09. The highest BCUT2D eigenvalue weighted by Gasteiger charge is 2.26. The van der Waals surface area contributed by atoms with Crippen LogP contribution in [0.25, 0.3) is 0 Å². The minimum absolute atomic E-state index is 0.185. The Morgan fingerprint density at radius 2 is 2.06 bits per heavy atom. The first-order chi connectivity index (χ1) is 7.54. The smallest absolute Gasteiger partial charge is 0.287 e. The molecule has 0 aliphatic carbocycles. The number of rotatable bonds is 5. The monoisotopic (exact) mass is 227 g/mol. The number of aliphatic hydroxyl groups excluding tert-OH is 2. The third kappa shape index (κ3) is 2.84. The highest BCUT2D eigenvalue weighted by atomic mass is 16.4. The molecule has 0 radical (unpaired) electrons. The Balaban J connectivity index is 2.71. The molecule has 0 spiro atoms. The van der Waals surface area contributed by atoms with Crippen LogP contribution in [0.1, 0.15) is 30.2 Å². The first kappa shape index (κ1) is 12.7. The highest BCUT2D eigenvalue weighted by molar-refractivity contribution is 5.92. The van der Waals surface area contributed by atoms with Crippen molar-refractivity contribution in [1.82, 2.24) is 5.32 Å². The molecule has 0 aromatic carbocycles. The van der Waals surface area contributed by atoms with E-state index in [4.69, 9.17) is 14.6 Å². The zero-order valence-corrected chi connectivity index (χ0v) is 9.49. The summed E-state index contributed by atoms with van der Waals surface area (Å²) in [4.78, 5) is 11.7. The molecule has 0 atom stereocenters. The summed E-state index contributed by atoms with van der Waals surface area (Å²) < 4.78 is 5.25. The van der Waals surface area contributed by atoms with Crippen LogP contribution in [0.15, 0.2) is 16.5 Å². The van der Waals surface area contributed by atoms with Crippen LogP contribution in [0.4, 0.5) is 0 Å². The normalized spacial score (nSPS) is 11.5. The highest BCUT2D eigenvalue weighted by Crippen LogP contribution is 2.10. The molecule has 1 heterocycles. The van der Waals surface area contributed by atoms with E-state index in [1.165, 1.54) is 0 Å². The molecule has 0 saturated heterocycles. The standard InChI is InChI=1S/C11H17NO4/c1-3-8-4-5-9(16-8)10(15)12-11(2,6-13)7-14/h4-5,13-14H,3,6-7H2,1-2H3,(H,12,15). The summed E-state index contributed by atoms with van der Waals surface area (Å²) in [5.74, 6) is 0.468. The maximum Gasteiger partial charge on any atom is 0.287 e. The summed E-state index contributed by atoms with van der Waals surface area (Å²) in [6.07, 6.45) is 0.713. The summed E-state index contributed by atoms with van der Waals surface area (Å²) in [6, 6.07) is 3.30. The van der Waals surface area contributed by atoms with Gasteiger partial charge in [0.05, 0.1) is 18.8 Å². The van der Waals surface area contributed by atoms with Gasteiger partial charge in [0.25, 0.3) is 5.91 Å². The largest absolute Gasteiger partial charge is 0.456 e. The van der Waals surface area contributed by atoms with E-state index in [-0.39, 0.29) is 19.0 Å². The van der Waals surface area contributed by atoms with E-state index in [1.807, 2.05) is 6.92 Å². The lowest BCUT2D eigenvalue weighted by atomic mass is 10.1. The molecule has 1 rings (SSSR count). The van der Waals surface area contributed by atoms with E-state index in [9.17, 15) is 4.79 Å². The number of carbonyl (C=O) groups is 1. The Labute approximate surface area is 94.1 Å². The third-order valence-corrected chi connectivity index (χ3v) is 2.35. The fraction of sp³-hybridized carbons (Fsp3) is 0.545. The van der Waals surface area contributed by atoms with E-state index >= 15 is 0 Å². The van der Waals surface area contributed by atoms with Gasteiger partial charge in [-0.25, -0.2) is 0 Å². The molecule has 5 heteroatoms. The summed E-state index contributed by atoms with van der Waals surface area (Å²) in [5, 5.41) is 20.6. The molecular formula is C11H17NO4. The van der Waals surface area contributed by atoms with Crippen molar-refractivity contribution in [2.24, 2.45) is 0 Å². The summed E-state index contributed by atoms with van der Waals surface area (Å²) in [6.45, 7) is 2.80. The third-order valence-electron chi connectivity index (χ3n) is 2.35. The molecular weight excluding hydrogens is 210 g/mol. The van der Waals surface area contributed by atoms with Crippen molar-refractivity contribution in [2.75, 3.05) is 13.2 Å². The first-order valence-electron chi connectivity index (χ1n) is 5.17. The van der Waals surface area contributed by atoms with Gasteiger partial charge < -0.3 is 19.9 Å². The van der Waals surface area contributed by atoms with Gasteiger partial charge >= 0.3 is 0 Å². The van der Waals surface area contributed by atoms with Gasteiger partial charge in [-0.05, 0) is 19.1 Å². The van der Waals surface area contributed by atoms with Crippen LogP contribution >= 0.6 is 0 Å². The molecule has 1 aromatic rings. The quantitative estimate of drug-likeness (QED) is 0.676. The van der Waals surface area contributed by atoms with Crippen molar-refractivity contribution in [3.63, 3.8) is 0 Å². The molecule has 0 aliphatic rings. The minimum atomic E-state index is -1.03. The maximum absolute atomic E-state index is 11.7. The number of aliphatic hydroxyl groups is 2. The Morgan fingerprint density at radius 1 is 1.44 bits per heavy atom. The SMILES string of the molecule is CCc1ccc(C(=O)NC(C)(CO)CO)o1. The fourth-order valence-electron chi connectivity index (χ4n) is 1.15. The van der Waals surface area contributed by atoms with Crippen molar-refractivity contribution >= 4 is 5.91 Å². The summed E-state index contributed by atoms with van der Waals surface area (Å²) in [5.41, 5.74) is -1.03. The zero-order valence-electron chi connectivity index (χ0n) is 9.49. The van der Waals surface area contributed by atoms with Gasteiger partial charge in [0.15, 0.2) is 5.76 Å².